The molecule has 1 amide bonds. The zero-order valence-electron chi connectivity index (χ0n) is 16.4. The molecular weight excluding hydrogens is 464 g/mol. The Balaban J connectivity index is 1.71. The van der Waals surface area contributed by atoms with Gasteiger partial charge in [-0.15, -0.1) is 16.4 Å². The van der Waals surface area contributed by atoms with Crippen molar-refractivity contribution in [3.05, 3.63) is 74.4 Å². The number of fused-ring (bicyclic) bond motifs is 1. The minimum absolute atomic E-state index is 0.112. The second-order valence-corrected chi connectivity index (χ2v) is 8.66. The molecule has 4 aromatic rings. The number of nitrogen functional groups attached to an aromatic ring is 1. The maximum atomic E-state index is 13.5. The second-order valence-electron chi connectivity index (χ2n) is 6.92. The van der Waals surface area contributed by atoms with Gasteiger partial charge in [-0.05, 0) is 71.7 Å². The summed E-state index contributed by atoms with van der Waals surface area (Å²) in [7, 11) is 0. The lowest BCUT2D eigenvalue weighted by Gasteiger charge is -2.28. The number of rotatable bonds is 5. The van der Waals surface area contributed by atoms with E-state index in [0.717, 1.165) is 21.5 Å². The van der Waals surface area contributed by atoms with E-state index in [4.69, 9.17) is 5.73 Å². The first-order valence-corrected chi connectivity index (χ1v) is 10.9. The van der Waals surface area contributed by atoms with Crippen LogP contribution >= 0.6 is 27.3 Å². The Morgan fingerprint density at radius 2 is 2.07 bits per heavy atom. The van der Waals surface area contributed by atoms with Crippen LogP contribution in [-0.4, -0.2) is 31.0 Å². The number of aromatic nitrogens is 4. The second kappa shape index (κ2) is 8.45. The minimum Gasteiger partial charge on any atom is -0.383 e. The Kier molecular flexibility index (Phi) is 5.74. The fourth-order valence-corrected chi connectivity index (χ4v) is 4.08. The maximum Gasteiger partial charge on any atom is 0.254 e. The average molecular weight is 483 g/mol. The number of aryl methyl sites for hydroxylation is 1. The molecule has 152 valence electrons. The summed E-state index contributed by atoms with van der Waals surface area (Å²) in [5.74, 6) is 0.383. The molecule has 0 aliphatic carbocycles. The Labute approximate surface area is 186 Å². The van der Waals surface area contributed by atoms with Crippen molar-refractivity contribution in [2.45, 2.75) is 26.4 Å². The van der Waals surface area contributed by atoms with Gasteiger partial charge in [0.25, 0.3) is 5.91 Å². The van der Waals surface area contributed by atoms with Crippen LogP contribution in [-0.2, 0) is 6.54 Å². The highest BCUT2D eigenvalue weighted by atomic mass is 79.9. The van der Waals surface area contributed by atoms with E-state index in [2.05, 4.69) is 36.1 Å². The van der Waals surface area contributed by atoms with Gasteiger partial charge in [-0.3, -0.25) is 4.79 Å². The molecule has 1 aromatic carbocycles. The summed E-state index contributed by atoms with van der Waals surface area (Å²) in [6, 6.07) is 10.8. The molecule has 0 bridgehead atoms. The van der Waals surface area contributed by atoms with Crippen molar-refractivity contribution in [2.75, 3.05) is 5.73 Å². The third-order valence-corrected chi connectivity index (χ3v) is 6.22. The fraction of sp³-hybridized carbons (Fsp3) is 0.190. The average Bonchev–Trinajstić information content (AvgIpc) is 3.28. The van der Waals surface area contributed by atoms with Crippen molar-refractivity contribution < 1.29 is 4.79 Å². The Hall–Kier alpha value is -2.91. The molecule has 4 rings (SSSR count). The SMILES string of the molecule is Cc1cc2cc(C(=O)N(Cc3ccc(Br)nn3)[C@H](C)c3nccs3)ccc2nc1N. The highest BCUT2D eigenvalue weighted by Crippen LogP contribution is 2.27. The van der Waals surface area contributed by atoms with Crippen LogP contribution in [0.5, 0.6) is 0 Å². The lowest BCUT2D eigenvalue weighted by molar-refractivity contribution is 0.0671. The Morgan fingerprint density at radius 3 is 2.77 bits per heavy atom. The molecular formula is C21H19BrN6OS. The predicted molar refractivity (Wildman–Crippen MR) is 121 cm³/mol. The van der Waals surface area contributed by atoms with E-state index in [1.54, 1.807) is 17.2 Å². The number of thiazole rings is 1. The molecule has 2 N–H and O–H groups in total. The van der Waals surface area contributed by atoms with E-state index in [0.29, 0.717) is 28.2 Å². The van der Waals surface area contributed by atoms with Gasteiger partial charge in [-0.2, -0.15) is 5.10 Å². The molecule has 0 fully saturated rings. The summed E-state index contributed by atoms with van der Waals surface area (Å²) in [4.78, 5) is 24.1. The quantitative estimate of drug-likeness (QED) is 0.448. The minimum atomic E-state index is -0.218. The van der Waals surface area contributed by atoms with Crippen LogP contribution in [0.15, 0.2) is 52.6 Å². The summed E-state index contributed by atoms with van der Waals surface area (Å²) >= 11 is 4.81. The van der Waals surface area contributed by atoms with Crippen molar-refractivity contribution in [3.8, 4) is 0 Å². The van der Waals surface area contributed by atoms with Crippen LogP contribution in [0.4, 0.5) is 5.82 Å². The lowest BCUT2D eigenvalue weighted by Crippen LogP contribution is -2.33. The number of nitrogens with two attached hydrogens (primary N) is 1. The highest BCUT2D eigenvalue weighted by molar-refractivity contribution is 9.10. The molecule has 0 saturated heterocycles. The van der Waals surface area contributed by atoms with Gasteiger partial charge in [0.05, 0.1) is 23.8 Å². The van der Waals surface area contributed by atoms with Gasteiger partial charge in [0.15, 0.2) is 0 Å². The summed E-state index contributed by atoms with van der Waals surface area (Å²) in [5.41, 5.74) is 8.82. The summed E-state index contributed by atoms with van der Waals surface area (Å²) in [5, 5.41) is 11.9. The summed E-state index contributed by atoms with van der Waals surface area (Å²) in [6.07, 6.45) is 1.74. The lowest BCUT2D eigenvalue weighted by atomic mass is 10.1. The predicted octanol–water partition coefficient (Wildman–Crippen LogP) is 4.54. The number of anilines is 1. The van der Waals surface area contributed by atoms with Gasteiger partial charge in [0.1, 0.15) is 15.4 Å². The third kappa shape index (κ3) is 4.17. The topological polar surface area (TPSA) is 97.9 Å². The van der Waals surface area contributed by atoms with E-state index in [9.17, 15) is 4.79 Å². The largest absolute Gasteiger partial charge is 0.383 e. The zero-order chi connectivity index (χ0) is 21.3. The van der Waals surface area contributed by atoms with Crippen molar-refractivity contribution >= 4 is 49.9 Å². The third-order valence-electron chi connectivity index (χ3n) is 4.85. The van der Waals surface area contributed by atoms with E-state index >= 15 is 0 Å². The Morgan fingerprint density at radius 1 is 1.23 bits per heavy atom. The molecule has 0 spiro atoms. The summed E-state index contributed by atoms with van der Waals surface area (Å²) < 4.78 is 0.647. The number of carbonyl (C=O) groups is 1. The highest BCUT2D eigenvalue weighted by Gasteiger charge is 2.25. The van der Waals surface area contributed by atoms with Crippen molar-refractivity contribution in [1.29, 1.82) is 0 Å². The monoisotopic (exact) mass is 482 g/mol. The van der Waals surface area contributed by atoms with E-state index < -0.39 is 0 Å². The Bertz CT molecular complexity index is 1200. The summed E-state index contributed by atoms with van der Waals surface area (Å²) in [6.45, 7) is 4.19. The van der Waals surface area contributed by atoms with Gasteiger partial charge in [0, 0.05) is 22.5 Å². The first-order chi connectivity index (χ1) is 14.4. The van der Waals surface area contributed by atoms with Gasteiger partial charge >= 0.3 is 0 Å². The fourth-order valence-electron chi connectivity index (χ4n) is 3.16. The molecule has 0 aliphatic rings. The van der Waals surface area contributed by atoms with Gasteiger partial charge in [-0.25, -0.2) is 9.97 Å². The van der Waals surface area contributed by atoms with E-state index in [1.807, 2.05) is 49.6 Å². The van der Waals surface area contributed by atoms with Crippen LogP contribution in [0.2, 0.25) is 0 Å². The molecule has 9 heteroatoms. The van der Waals surface area contributed by atoms with Crippen molar-refractivity contribution in [3.63, 3.8) is 0 Å². The molecule has 7 nitrogen and oxygen atoms in total. The molecule has 3 heterocycles. The van der Waals surface area contributed by atoms with E-state index in [-0.39, 0.29) is 11.9 Å². The first-order valence-electron chi connectivity index (χ1n) is 9.27. The number of hydrogen-bond acceptors (Lipinski definition) is 7. The molecule has 30 heavy (non-hydrogen) atoms. The molecule has 0 radical (unpaired) electrons. The van der Waals surface area contributed by atoms with Gasteiger partial charge in [0.2, 0.25) is 0 Å². The van der Waals surface area contributed by atoms with Gasteiger partial charge < -0.3 is 10.6 Å². The molecule has 3 aromatic heterocycles. The van der Waals surface area contributed by atoms with E-state index in [1.165, 1.54) is 11.3 Å². The number of amides is 1. The molecule has 1 atom stereocenters. The number of halogens is 1. The molecule has 0 saturated carbocycles. The normalized spacial score (nSPS) is 12.1. The first kappa shape index (κ1) is 20.4. The molecule has 0 aliphatic heterocycles. The van der Waals surface area contributed by atoms with Gasteiger partial charge in [-0.1, -0.05) is 0 Å². The van der Waals surface area contributed by atoms with Crippen LogP contribution in [0.3, 0.4) is 0 Å². The number of benzene rings is 1. The maximum absolute atomic E-state index is 13.5. The molecule has 0 unspecified atom stereocenters. The van der Waals surface area contributed by atoms with Crippen LogP contribution in [0, 0.1) is 6.92 Å². The zero-order valence-corrected chi connectivity index (χ0v) is 18.8. The van der Waals surface area contributed by atoms with Crippen LogP contribution < -0.4 is 5.73 Å². The number of pyridine rings is 1. The smallest absolute Gasteiger partial charge is 0.254 e. The van der Waals surface area contributed by atoms with Crippen LogP contribution in [0.25, 0.3) is 10.9 Å². The van der Waals surface area contributed by atoms with Crippen molar-refractivity contribution in [1.82, 2.24) is 25.1 Å². The van der Waals surface area contributed by atoms with Crippen LogP contribution in [0.1, 0.15) is 39.6 Å². The number of nitrogens with zero attached hydrogens (tertiary/aromatic N) is 5. The number of carbonyl (C=O) groups excluding carboxylic acids is 1. The standard InChI is InChI=1S/C21H19BrN6OS/c1-12-9-15-10-14(3-5-17(15)25-19(12)23)21(29)28(13(2)20-24-7-8-30-20)11-16-4-6-18(22)27-26-16/h3-10,13H,11H2,1-2H3,(H2,23,25)/t13-/m1/s1. The van der Waals surface area contributed by atoms with Crippen molar-refractivity contribution in [2.24, 2.45) is 0 Å². The number of hydrogen-bond donors (Lipinski definition) is 1.